The molecule has 0 spiro atoms. The highest BCUT2D eigenvalue weighted by Crippen LogP contribution is 2.31. The van der Waals surface area contributed by atoms with Crippen LogP contribution >= 0.6 is 11.8 Å². The van der Waals surface area contributed by atoms with Crippen molar-refractivity contribution in [2.45, 2.75) is 17.0 Å². The Bertz CT molecular complexity index is 670. The number of nitrogens with two attached hydrogens (primary N) is 1. The lowest BCUT2D eigenvalue weighted by molar-refractivity contribution is 1.08. The first-order chi connectivity index (χ1) is 8.74. The number of hydrogen-bond donors (Lipinski definition) is 2. The van der Waals surface area contributed by atoms with Crippen LogP contribution in [0.4, 0.5) is 5.69 Å². The summed E-state index contributed by atoms with van der Waals surface area (Å²) in [5.41, 5.74) is 9.87. The summed E-state index contributed by atoms with van der Waals surface area (Å²) in [7, 11) is 0. The Morgan fingerprint density at radius 2 is 1.94 bits per heavy atom. The summed E-state index contributed by atoms with van der Waals surface area (Å²) in [5.74, 6) is 0. The number of fused-ring (bicyclic) bond motifs is 1. The molecule has 4 heteroatoms. The second kappa shape index (κ2) is 4.38. The standard InChI is InChI=1S/C14H13N3S/c1-9-10(15)5-4-8-13(9)18-14-16-11-6-2-3-7-12(11)17-14/h2-8H,15H2,1H3,(H,16,17). The summed E-state index contributed by atoms with van der Waals surface area (Å²) < 4.78 is 0. The molecule has 18 heavy (non-hydrogen) atoms. The van der Waals surface area contributed by atoms with Crippen molar-refractivity contribution in [3.63, 3.8) is 0 Å². The number of aromatic amines is 1. The molecule has 3 N–H and O–H groups in total. The van der Waals surface area contributed by atoms with Crippen molar-refractivity contribution in [3.8, 4) is 0 Å². The predicted molar refractivity (Wildman–Crippen MR) is 75.8 cm³/mol. The molecule has 3 aromatic rings. The van der Waals surface area contributed by atoms with Gasteiger partial charge in [0, 0.05) is 10.6 Å². The monoisotopic (exact) mass is 255 g/mol. The van der Waals surface area contributed by atoms with E-state index in [1.54, 1.807) is 11.8 Å². The normalized spacial score (nSPS) is 10.9. The fourth-order valence-electron chi connectivity index (χ4n) is 1.82. The highest BCUT2D eigenvalue weighted by Gasteiger charge is 2.07. The number of hydrogen-bond acceptors (Lipinski definition) is 3. The molecule has 2 aromatic carbocycles. The van der Waals surface area contributed by atoms with Crippen LogP contribution in [-0.4, -0.2) is 9.97 Å². The molecule has 1 heterocycles. The molecule has 0 bridgehead atoms. The summed E-state index contributed by atoms with van der Waals surface area (Å²) in [4.78, 5) is 8.98. The number of nitrogen functional groups attached to an aromatic ring is 1. The third-order valence-corrected chi connectivity index (χ3v) is 3.95. The second-order valence-electron chi connectivity index (χ2n) is 4.13. The molecule has 0 aliphatic rings. The minimum absolute atomic E-state index is 0.816. The zero-order chi connectivity index (χ0) is 12.5. The Morgan fingerprint density at radius 3 is 2.78 bits per heavy atom. The van der Waals surface area contributed by atoms with E-state index in [2.05, 4.69) is 16.0 Å². The van der Waals surface area contributed by atoms with Gasteiger partial charge in [-0.1, -0.05) is 30.0 Å². The van der Waals surface area contributed by atoms with Crippen LogP contribution in [0.2, 0.25) is 0 Å². The molecule has 3 rings (SSSR count). The Balaban J connectivity index is 1.99. The van der Waals surface area contributed by atoms with E-state index in [9.17, 15) is 0 Å². The van der Waals surface area contributed by atoms with Crippen LogP contribution in [0.3, 0.4) is 0 Å². The van der Waals surface area contributed by atoms with Crippen LogP contribution < -0.4 is 5.73 Å². The van der Waals surface area contributed by atoms with Crippen molar-refractivity contribution in [2.24, 2.45) is 0 Å². The number of nitrogens with one attached hydrogen (secondary N) is 1. The number of H-pyrrole nitrogens is 1. The van der Waals surface area contributed by atoms with Gasteiger partial charge in [-0.2, -0.15) is 0 Å². The van der Waals surface area contributed by atoms with Crippen molar-refractivity contribution in [1.29, 1.82) is 0 Å². The van der Waals surface area contributed by atoms with E-state index < -0.39 is 0 Å². The van der Waals surface area contributed by atoms with Gasteiger partial charge in [-0.25, -0.2) is 4.98 Å². The topological polar surface area (TPSA) is 54.7 Å². The highest BCUT2D eigenvalue weighted by atomic mass is 32.2. The molecule has 0 fully saturated rings. The minimum Gasteiger partial charge on any atom is -0.398 e. The van der Waals surface area contributed by atoms with Crippen LogP contribution in [0.1, 0.15) is 5.56 Å². The van der Waals surface area contributed by atoms with E-state index >= 15 is 0 Å². The van der Waals surface area contributed by atoms with Crippen molar-refractivity contribution < 1.29 is 0 Å². The van der Waals surface area contributed by atoms with Gasteiger partial charge in [0.05, 0.1) is 11.0 Å². The summed E-state index contributed by atoms with van der Waals surface area (Å²) in [6.45, 7) is 2.03. The largest absolute Gasteiger partial charge is 0.398 e. The quantitative estimate of drug-likeness (QED) is 0.688. The zero-order valence-electron chi connectivity index (χ0n) is 9.97. The lowest BCUT2D eigenvalue weighted by atomic mass is 10.2. The van der Waals surface area contributed by atoms with Crippen molar-refractivity contribution >= 4 is 28.5 Å². The van der Waals surface area contributed by atoms with E-state index in [1.165, 1.54) is 0 Å². The molecular formula is C14H13N3S. The van der Waals surface area contributed by atoms with Crippen LogP contribution in [0.15, 0.2) is 52.5 Å². The molecule has 0 amide bonds. The Labute approximate surface area is 109 Å². The maximum atomic E-state index is 5.91. The van der Waals surface area contributed by atoms with Gasteiger partial charge in [0.1, 0.15) is 0 Å². The third kappa shape index (κ3) is 1.95. The van der Waals surface area contributed by atoms with Gasteiger partial charge in [0.15, 0.2) is 5.16 Å². The highest BCUT2D eigenvalue weighted by molar-refractivity contribution is 7.99. The number of para-hydroxylation sites is 2. The molecule has 0 unspecified atom stereocenters. The van der Waals surface area contributed by atoms with Gasteiger partial charge >= 0.3 is 0 Å². The molecule has 0 radical (unpaired) electrons. The number of nitrogens with zero attached hydrogens (tertiary/aromatic N) is 1. The van der Waals surface area contributed by atoms with Gasteiger partial charge in [0.2, 0.25) is 0 Å². The Morgan fingerprint density at radius 1 is 1.11 bits per heavy atom. The first-order valence-corrected chi connectivity index (χ1v) is 6.53. The molecular weight excluding hydrogens is 242 g/mol. The summed E-state index contributed by atoms with van der Waals surface area (Å²) in [6, 6.07) is 14.0. The van der Waals surface area contributed by atoms with Crippen molar-refractivity contribution in [2.75, 3.05) is 5.73 Å². The van der Waals surface area contributed by atoms with Crippen LogP contribution in [0.25, 0.3) is 11.0 Å². The number of benzene rings is 2. The zero-order valence-corrected chi connectivity index (χ0v) is 10.8. The molecule has 0 aliphatic heterocycles. The SMILES string of the molecule is Cc1c(N)cccc1Sc1nc2ccccc2[nH]1. The van der Waals surface area contributed by atoms with Crippen LogP contribution in [0.5, 0.6) is 0 Å². The first kappa shape index (κ1) is 11.2. The van der Waals surface area contributed by atoms with Crippen LogP contribution in [0, 0.1) is 6.92 Å². The number of rotatable bonds is 2. The first-order valence-electron chi connectivity index (χ1n) is 5.72. The van der Waals surface area contributed by atoms with E-state index in [0.29, 0.717) is 0 Å². The van der Waals surface area contributed by atoms with Crippen molar-refractivity contribution in [3.05, 3.63) is 48.0 Å². The molecule has 0 saturated heterocycles. The maximum absolute atomic E-state index is 5.91. The van der Waals surface area contributed by atoms with Crippen LogP contribution in [-0.2, 0) is 0 Å². The van der Waals surface area contributed by atoms with Gasteiger partial charge in [-0.3, -0.25) is 0 Å². The number of aromatic nitrogens is 2. The van der Waals surface area contributed by atoms with Gasteiger partial charge < -0.3 is 10.7 Å². The number of imidazole rings is 1. The fourth-order valence-corrected chi connectivity index (χ4v) is 2.75. The average molecular weight is 255 g/mol. The smallest absolute Gasteiger partial charge is 0.171 e. The predicted octanol–water partition coefficient (Wildman–Crippen LogP) is 3.60. The van der Waals surface area contributed by atoms with E-state index in [1.807, 2.05) is 43.3 Å². The number of anilines is 1. The molecule has 0 saturated carbocycles. The fraction of sp³-hybridized carbons (Fsp3) is 0.0714. The lowest BCUT2D eigenvalue weighted by Crippen LogP contribution is -1.90. The van der Waals surface area contributed by atoms with E-state index in [-0.39, 0.29) is 0 Å². The summed E-state index contributed by atoms with van der Waals surface area (Å²) >= 11 is 1.61. The second-order valence-corrected chi connectivity index (χ2v) is 5.16. The molecule has 90 valence electrons. The molecule has 0 aliphatic carbocycles. The van der Waals surface area contributed by atoms with E-state index in [4.69, 9.17) is 5.73 Å². The summed E-state index contributed by atoms with van der Waals surface area (Å²) in [6.07, 6.45) is 0. The maximum Gasteiger partial charge on any atom is 0.171 e. The Hall–Kier alpha value is -1.94. The third-order valence-electron chi connectivity index (χ3n) is 2.90. The molecule has 0 atom stereocenters. The average Bonchev–Trinajstić information content (AvgIpc) is 2.77. The van der Waals surface area contributed by atoms with Gasteiger partial charge in [-0.15, -0.1) is 0 Å². The molecule has 3 nitrogen and oxygen atoms in total. The Kier molecular flexibility index (Phi) is 2.72. The lowest BCUT2D eigenvalue weighted by Gasteiger charge is -2.05. The van der Waals surface area contributed by atoms with Gasteiger partial charge in [-0.05, 0) is 36.8 Å². The van der Waals surface area contributed by atoms with Crippen molar-refractivity contribution in [1.82, 2.24) is 9.97 Å². The van der Waals surface area contributed by atoms with Gasteiger partial charge in [0.25, 0.3) is 0 Å². The minimum atomic E-state index is 0.816. The summed E-state index contributed by atoms with van der Waals surface area (Å²) in [5, 5.41) is 0.893. The van der Waals surface area contributed by atoms with E-state index in [0.717, 1.165) is 32.3 Å². The molecule has 1 aromatic heterocycles.